The highest BCUT2D eigenvalue weighted by molar-refractivity contribution is 5.71. The molecule has 1 fully saturated rings. The fourth-order valence-electron chi connectivity index (χ4n) is 2.77. The van der Waals surface area contributed by atoms with Gasteiger partial charge in [0.1, 0.15) is 5.60 Å². The van der Waals surface area contributed by atoms with Gasteiger partial charge >= 0.3 is 6.09 Å². The van der Waals surface area contributed by atoms with Gasteiger partial charge in [-0.15, -0.1) is 0 Å². The summed E-state index contributed by atoms with van der Waals surface area (Å²) in [6, 6.07) is 8.55. The Kier molecular flexibility index (Phi) is 5.84. The van der Waals surface area contributed by atoms with E-state index in [1.54, 1.807) is 6.08 Å². The van der Waals surface area contributed by atoms with Gasteiger partial charge in [0.15, 0.2) is 0 Å². The summed E-state index contributed by atoms with van der Waals surface area (Å²) in [5.74, 6) is 0. The van der Waals surface area contributed by atoms with Gasteiger partial charge in [-0.2, -0.15) is 0 Å². The lowest BCUT2D eigenvalue weighted by atomic mass is 10.1. The number of ether oxygens (including phenoxy) is 1. The molecule has 0 bridgehead atoms. The Balaban J connectivity index is 1.82. The minimum absolute atomic E-state index is 0.152. The second-order valence-corrected chi connectivity index (χ2v) is 7.29. The Morgan fingerprint density at radius 1 is 1.38 bits per heavy atom. The highest BCUT2D eigenvalue weighted by Gasteiger charge is 2.26. The van der Waals surface area contributed by atoms with Gasteiger partial charge < -0.3 is 10.1 Å². The normalized spacial score (nSPS) is 18.2. The summed E-state index contributed by atoms with van der Waals surface area (Å²) < 4.78 is 5.31. The van der Waals surface area contributed by atoms with Crippen molar-refractivity contribution in [3.05, 3.63) is 54.6 Å². The Morgan fingerprint density at radius 2 is 2.04 bits per heavy atom. The van der Waals surface area contributed by atoms with Crippen LogP contribution in [0.1, 0.15) is 38.3 Å². The van der Waals surface area contributed by atoms with Crippen LogP contribution in [-0.4, -0.2) is 35.7 Å². The van der Waals surface area contributed by atoms with Crippen LogP contribution in [0.3, 0.4) is 0 Å². The number of carbonyl (C=O) groups excluding carboxylic acids is 1. The topological polar surface area (TPSA) is 41.6 Å². The summed E-state index contributed by atoms with van der Waals surface area (Å²) >= 11 is 0. The highest BCUT2D eigenvalue weighted by atomic mass is 16.6. The summed E-state index contributed by atoms with van der Waals surface area (Å²) in [6.07, 6.45) is 2.38. The van der Waals surface area contributed by atoms with Crippen molar-refractivity contribution in [2.45, 2.75) is 45.4 Å². The first-order valence-corrected chi connectivity index (χ1v) is 8.39. The number of alkyl carbamates (subject to hydrolysis) is 1. The zero-order valence-electron chi connectivity index (χ0n) is 15.0. The van der Waals surface area contributed by atoms with Crippen molar-refractivity contribution in [2.24, 2.45) is 0 Å². The summed E-state index contributed by atoms with van der Waals surface area (Å²) in [4.78, 5) is 14.2. The minimum Gasteiger partial charge on any atom is -0.444 e. The summed E-state index contributed by atoms with van der Waals surface area (Å²) in [5.41, 5.74) is 2.83. The van der Waals surface area contributed by atoms with E-state index in [0.29, 0.717) is 0 Å². The van der Waals surface area contributed by atoms with Crippen LogP contribution in [0.25, 0.3) is 5.57 Å². The number of hydrogen-bond acceptors (Lipinski definition) is 3. The molecule has 1 aliphatic heterocycles. The van der Waals surface area contributed by atoms with Crippen LogP contribution in [0.5, 0.6) is 0 Å². The average Bonchev–Trinajstić information content (AvgIpc) is 2.92. The van der Waals surface area contributed by atoms with Gasteiger partial charge in [0.25, 0.3) is 0 Å². The van der Waals surface area contributed by atoms with Crippen molar-refractivity contribution >= 4 is 11.7 Å². The molecule has 0 saturated carbocycles. The molecule has 1 aromatic rings. The fourth-order valence-corrected chi connectivity index (χ4v) is 2.77. The molecular formula is C20H28N2O2. The van der Waals surface area contributed by atoms with Crippen LogP contribution in [0.15, 0.2) is 43.5 Å². The summed E-state index contributed by atoms with van der Waals surface area (Å²) in [6.45, 7) is 16.0. The van der Waals surface area contributed by atoms with Crippen molar-refractivity contribution < 1.29 is 9.53 Å². The lowest BCUT2D eigenvalue weighted by molar-refractivity contribution is 0.0506. The Morgan fingerprint density at radius 3 is 2.62 bits per heavy atom. The van der Waals surface area contributed by atoms with E-state index < -0.39 is 5.60 Å². The van der Waals surface area contributed by atoms with Crippen LogP contribution < -0.4 is 5.32 Å². The number of likely N-dealkylation sites (tertiary alicyclic amines) is 1. The monoisotopic (exact) mass is 328 g/mol. The van der Waals surface area contributed by atoms with Gasteiger partial charge in [0.05, 0.1) is 0 Å². The third kappa shape index (κ3) is 5.53. The number of hydrogen-bond donors (Lipinski definition) is 1. The number of nitrogens with one attached hydrogen (secondary N) is 1. The molecule has 0 aromatic heterocycles. The molecule has 1 heterocycles. The SMILES string of the molecule is C=CC(=C)c1ccc(CN2CCC(NC(=O)OC(C)(C)C)C2)cc1. The van der Waals surface area contributed by atoms with Gasteiger partial charge in [0, 0.05) is 25.7 Å². The van der Waals surface area contributed by atoms with Crippen LogP contribution in [0.2, 0.25) is 0 Å². The molecule has 1 saturated heterocycles. The van der Waals surface area contributed by atoms with Crippen LogP contribution in [0, 0.1) is 0 Å². The first kappa shape index (κ1) is 18.3. The zero-order chi connectivity index (χ0) is 17.7. The van der Waals surface area contributed by atoms with Crippen molar-refractivity contribution in [2.75, 3.05) is 13.1 Å². The molecule has 1 N–H and O–H groups in total. The number of allylic oxidation sites excluding steroid dienone is 2. The maximum absolute atomic E-state index is 11.8. The minimum atomic E-state index is -0.459. The van der Waals surface area contributed by atoms with E-state index in [9.17, 15) is 4.79 Å². The molecule has 130 valence electrons. The fraction of sp³-hybridized carbons (Fsp3) is 0.450. The van der Waals surface area contributed by atoms with Crippen molar-refractivity contribution in [1.82, 2.24) is 10.2 Å². The van der Waals surface area contributed by atoms with Crippen LogP contribution in [0.4, 0.5) is 4.79 Å². The van der Waals surface area contributed by atoms with Gasteiger partial charge in [-0.1, -0.05) is 43.5 Å². The third-order valence-corrected chi connectivity index (χ3v) is 3.97. The molecule has 1 aromatic carbocycles. The van der Waals surface area contributed by atoms with E-state index in [1.165, 1.54) is 5.56 Å². The van der Waals surface area contributed by atoms with Crippen molar-refractivity contribution in [3.8, 4) is 0 Å². The smallest absolute Gasteiger partial charge is 0.407 e. The predicted molar refractivity (Wildman–Crippen MR) is 98.7 cm³/mol. The highest BCUT2D eigenvalue weighted by Crippen LogP contribution is 2.18. The molecule has 1 atom stereocenters. The van der Waals surface area contributed by atoms with E-state index in [4.69, 9.17) is 4.74 Å². The summed E-state index contributed by atoms with van der Waals surface area (Å²) in [5, 5.41) is 2.96. The number of amides is 1. The standard InChI is InChI=1S/C20H28N2O2/c1-6-15(2)17-9-7-16(8-10-17)13-22-12-11-18(14-22)21-19(23)24-20(3,4)5/h6-10,18H,1-2,11-14H2,3-5H3,(H,21,23). The molecule has 4 nitrogen and oxygen atoms in total. The Bertz CT molecular complexity index is 599. The maximum Gasteiger partial charge on any atom is 0.407 e. The second-order valence-electron chi connectivity index (χ2n) is 7.29. The molecule has 0 spiro atoms. The molecule has 1 aliphatic rings. The second kappa shape index (κ2) is 7.67. The largest absolute Gasteiger partial charge is 0.444 e. The molecule has 1 amide bonds. The Labute approximate surface area is 145 Å². The molecule has 24 heavy (non-hydrogen) atoms. The average molecular weight is 328 g/mol. The molecule has 2 rings (SSSR count). The molecular weight excluding hydrogens is 300 g/mol. The quantitative estimate of drug-likeness (QED) is 0.831. The predicted octanol–water partition coefficient (Wildman–Crippen LogP) is 3.98. The molecule has 0 radical (unpaired) electrons. The van der Waals surface area contributed by atoms with Crippen LogP contribution in [-0.2, 0) is 11.3 Å². The number of carbonyl (C=O) groups is 1. The Hall–Kier alpha value is -2.07. The van der Waals surface area contributed by atoms with E-state index in [-0.39, 0.29) is 12.1 Å². The van der Waals surface area contributed by atoms with Gasteiger partial charge in [-0.3, -0.25) is 4.90 Å². The lowest BCUT2D eigenvalue weighted by Crippen LogP contribution is -2.40. The van der Waals surface area contributed by atoms with Crippen LogP contribution >= 0.6 is 0 Å². The first-order chi connectivity index (χ1) is 11.3. The van der Waals surface area contributed by atoms with Crippen molar-refractivity contribution in [3.63, 3.8) is 0 Å². The lowest BCUT2D eigenvalue weighted by Gasteiger charge is -2.22. The van der Waals surface area contributed by atoms with Crippen molar-refractivity contribution in [1.29, 1.82) is 0 Å². The van der Waals surface area contributed by atoms with Gasteiger partial charge in [-0.25, -0.2) is 4.79 Å². The maximum atomic E-state index is 11.8. The van der Waals surface area contributed by atoms with Gasteiger partial charge in [0.2, 0.25) is 0 Å². The van der Waals surface area contributed by atoms with E-state index in [1.807, 2.05) is 20.8 Å². The zero-order valence-corrected chi connectivity index (χ0v) is 15.0. The third-order valence-electron chi connectivity index (χ3n) is 3.97. The van der Waals surface area contributed by atoms with E-state index >= 15 is 0 Å². The number of benzene rings is 1. The summed E-state index contributed by atoms with van der Waals surface area (Å²) in [7, 11) is 0. The number of nitrogens with zero attached hydrogens (tertiary/aromatic N) is 1. The van der Waals surface area contributed by atoms with E-state index in [0.717, 1.165) is 37.2 Å². The first-order valence-electron chi connectivity index (χ1n) is 8.39. The molecule has 1 unspecified atom stereocenters. The molecule has 0 aliphatic carbocycles. The number of rotatable bonds is 5. The van der Waals surface area contributed by atoms with Gasteiger partial charge in [-0.05, 0) is 43.9 Å². The van der Waals surface area contributed by atoms with E-state index in [2.05, 4.69) is 47.6 Å². The molecule has 4 heteroatoms.